The van der Waals surface area contributed by atoms with Gasteiger partial charge in [0.15, 0.2) is 0 Å². The average molecular weight is 309 g/mol. The Morgan fingerprint density at radius 3 is 2.67 bits per heavy atom. The highest BCUT2D eigenvalue weighted by Crippen LogP contribution is 2.39. The summed E-state index contributed by atoms with van der Waals surface area (Å²) >= 11 is 3.48. The van der Waals surface area contributed by atoms with Crippen LogP contribution in [-0.4, -0.2) is 13.1 Å². The van der Waals surface area contributed by atoms with E-state index in [0.29, 0.717) is 0 Å². The van der Waals surface area contributed by atoms with Crippen LogP contribution in [0.5, 0.6) is 0 Å². The maximum absolute atomic E-state index is 6.15. The Kier molecular flexibility index (Phi) is 3.51. The van der Waals surface area contributed by atoms with Gasteiger partial charge in [-0.25, -0.2) is 0 Å². The van der Waals surface area contributed by atoms with Gasteiger partial charge in [-0.2, -0.15) is 0 Å². The number of rotatable bonds is 1. The smallest absolute Gasteiger partial charge is 0.0600 e. The Morgan fingerprint density at radius 1 is 1.11 bits per heavy atom. The summed E-state index contributed by atoms with van der Waals surface area (Å²) in [5.74, 6) is 1.88. The molecule has 3 heteroatoms. The monoisotopic (exact) mass is 308 g/mol. The van der Waals surface area contributed by atoms with Gasteiger partial charge in [-0.1, -0.05) is 35.2 Å². The van der Waals surface area contributed by atoms with E-state index in [2.05, 4.69) is 33.0 Å². The van der Waals surface area contributed by atoms with E-state index in [4.69, 9.17) is 5.73 Å². The molecule has 18 heavy (non-hydrogen) atoms. The van der Waals surface area contributed by atoms with Crippen molar-refractivity contribution in [1.29, 1.82) is 0 Å². The fraction of sp³-hybridized carbons (Fsp3) is 0.600. The van der Waals surface area contributed by atoms with Crippen LogP contribution in [0.25, 0.3) is 0 Å². The van der Waals surface area contributed by atoms with Gasteiger partial charge in [0, 0.05) is 17.6 Å². The fourth-order valence-corrected chi connectivity index (χ4v) is 4.01. The zero-order chi connectivity index (χ0) is 12.5. The average Bonchev–Trinajstić information content (AvgIpc) is 2.38. The number of hydrogen-bond donors (Lipinski definition) is 1. The lowest BCUT2D eigenvalue weighted by Gasteiger charge is -2.42. The van der Waals surface area contributed by atoms with Gasteiger partial charge in [0.2, 0.25) is 0 Å². The highest BCUT2D eigenvalue weighted by Gasteiger charge is 2.31. The minimum atomic E-state index is 0.899. The Hall–Kier alpha value is -0.700. The van der Waals surface area contributed by atoms with E-state index < -0.39 is 0 Å². The summed E-state index contributed by atoms with van der Waals surface area (Å²) in [6, 6.07) is 6.27. The molecule has 2 aliphatic rings. The van der Waals surface area contributed by atoms with Crippen molar-refractivity contribution >= 4 is 27.3 Å². The summed E-state index contributed by atoms with van der Waals surface area (Å²) in [5, 5.41) is 0. The third-order valence-corrected chi connectivity index (χ3v) is 5.11. The van der Waals surface area contributed by atoms with Crippen LogP contribution in [0.4, 0.5) is 11.4 Å². The minimum Gasteiger partial charge on any atom is -0.397 e. The van der Waals surface area contributed by atoms with Crippen LogP contribution in [0.2, 0.25) is 0 Å². The molecule has 2 N–H and O–H groups in total. The van der Waals surface area contributed by atoms with Crippen LogP contribution < -0.4 is 10.6 Å². The maximum Gasteiger partial charge on any atom is 0.0600 e. The van der Waals surface area contributed by atoms with Crippen LogP contribution in [0.1, 0.15) is 32.1 Å². The van der Waals surface area contributed by atoms with Gasteiger partial charge in [-0.05, 0) is 42.9 Å². The third-order valence-electron chi connectivity index (χ3n) is 4.62. The minimum absolute atomic E-state index is 0.899. The van der Waals surface area contributed by atoms with Crippen LogP contribution in [0.15, 0.2) is 22.7 Å². The number of nitrogens with zero attached hydrogens (tertiary/aromatic N) is 1. The number of hydrogen-bond acceptors (Lipinski definition) is 2. The summed E-state index contributed by atoms with van der Waals surface area (Å²) < 4.78 is 1.07. The number of fused-ring (bicyclic) bond motifs is 1. The first-order chi connectivity index (χ1) is 8.74. The summed E-state index contributed by atoms with van der Waals surface area (Å²) in [4.78, 5) is 2.49. The third kappa shape index (κ3) is 2.37. The van der Waals surface area contributed by atoms with Crippen molar-refractivity contribution in [2.45, 2.75) is 32.1 Å². The van der Waals surface area contributed by atoms with Crippen molar-refractivity contribution in [1.82, 2.24) is 0 Å². The molecule has 2 atom stereocenters. The van der Waals surface area contributed by atoms with Crippen molar-refractivity contribution in [3.63, 3.8) is 0 Å². The first-order valence-electron chi connectivity index (χ1n) is 7.04. The Labute approximate surface area is 118 Å². The number of nitrogens with two attached hydrogens (primary N) is 1. The van der Waals surface area contributed by atoms with E-state index in [9.17, 15) is 0 Å². The summed E-state index contributed by atoms with van der Waals surface area (Å²) in [5.41, 5.74) is 8.27. The van der Waals surface area contributed by atoms with Gasteiger partial charge in [-0.3, -0.25) is 0 Å². The largest absolute Gasteiger partial charge is 0.397 e. The lowest BCUT2D eigenvalue weighted by molar-refractivity contribution is 0.202. The van der Waals surface area contributed by atoms with Crippen LogP contribution >= 0.6 is 15.9 Å². The molecule has 3 rings (SSSR count). The van der Waals surface area contributed by atoms with E-state index in [-0.39, 0.29) is 0 Å². The highest BCUT2D eigenvalue weighted by molar-refractivity contribution is 9.10. The van der Waals surface area contributed by atoms with Crippen LogP contribution in [-0.2, 0) is 0 Å². The highest BCUT2D eigenvalue weighted by atomic mass is 79.9. The van der Waals surface area contributed by atoms with Gasteiger partial charge in [0.1, 0.15) is 0 Å². The molecule has 0 bridgehead atoms. The normalized spacial score (nSPS) is 27.9. The zero-order valence-corrected chi connectivity index (χ0v) is 12.3. The van der Waals surface area contributed by atoms with Gasteiger partial charge in [-0.15, -0.1) is 0 Å². The van der Waals surface area contributed by atoms with Crippen LogP contribution in [0.3, 0.4) is 0 Å². The predicted molar refractivity (Wildman–Crippen MR) is 80.8 cm³/mol. The number of anilines is 2. The number of halogens is 1. The lowest BCUT2D eigenvalue weighted by Crippen LogP contribution is -2.42. The SMILES string of the molecule is Nc1cc(Br)ccc1N1CCC2CCCCC2C1. The molecule has 1 aliphatic heterocycles. The van der Waals surface area contributed by atoms with Crippen molar-refractivity contribution in [2.24, 2.45) is 11.8 Å². The van der Waals surface area contributed by atoms with E-state index in [1.165, 1.54) is 50.9 Å². The van der Waals surface area contributed by atoms with Crippen molar-refractivity contribution in [3.05, 3.63) is 22.7 Å². The number of nitrogen functional groups attached to an aromatic ring is 1. The molecule has 0 aromatic heterocycles. The van der Waals surface area contributed by atoms with Crippen molar-refractivity contribution in [3.8, 4) is 0 Å². The van der Waals surface area contributed by atoms with Gasteiger partial charge < -0.3 is 10.6 Å². The molecule has 1 saturated carbocycles. The molecule has 2 fully saturated rings. The predicted octanol–water partition coefficient (Wildman–Crippen LogP) is 4.05. The molecule has 2 nitrogen and oxygen atoms in total. The standard InChI is InChI=1S/C15H21BrN2/c16-13-5-6-15(14(17)9-13)18-8-7-11-3-1-2-4-12(11)10-18/h5-6,9,11-12H,1-4,7-8,10,17H2. The van der Waals surface area contributed by atoms with Crippen molar-refractivity contribution in [2.75, 3.05) is 23.7 Å². The molecule has 1 aliphatic carbocycles. The molecular weight excluding hydrogens is 288 g/mol. The molecule has 1 aromatic carbocycles. The van der Waals surface area contributed by atoms with Gasteiger partial charge >= 0.3 is 0 Å². The quantitative estimate of drug-likeness (QED) is 0.793. The first-order valence-corrected chi connectivity index (χ1v) is 7.83. The fourth-order valence-electron chi connectivity index (χ4n) is 3.63. The maximum atomic E-state index is 6.15. The molecule has 1 aromatic rings. The molecule has 1 saturated heterocycles. The van der Waals surface area contributed by atoms with Crippen molar-refractivity contribution < 1.29 is 0 Å². The van der Waals surface area contributed by atoms with E-state index in [0.717, 1.165) is 22.0 Å². The molecule has 0 amide bonds. The summed E-state index contributed by atoms with van der Waals surface area (Å²) in [7, 11) is 0. The lowest BCUT2D eigenvalue weighted by atomic mass is 9.75. The zero-order valence-electron chi connectivity index (χ0n) is 10.7. The second-order valence-electron chi connectivity index (χ2n) is 5.74. The molecule has 98 valence electrons. The molecule has 1 heterocycles. The second-order valence-corrected chi connectivity index (χ2v) is 6.66. The van der Waals surface area contributed by atoms with Gasteiger partial charge in [0.25, 0.3) is 0 Å². The Balaban J connectivity index is 1.77. The van der Waals surface area contributed by atoms with E-state index in [1.54, 1.807) is 0 Å². The topological polar surface area (TPSA) is 29.3 Å². The molecule has 2 unspecified atom stereocenters. The van der Waals surface area contributed by atoms with E-state index in [1.807, 2.05) is 6.07 Å². The Morgan fingerprint density at radius 2 is 1.89 bits per heavy atom. The summed E-state index contributed by atoms with van der Waals surface area (Å²) in [6.45, 7) is 2.38. The van der Waals surface area contributed by atoms with Gasteiger partial charge in [0.05, 0.1) is 11.4 Å². The number of benzene rings is 1. The van der Waals surface area contributed by atoms with Crippen LogP contribution in [0, 0.1) is 11.8 Å². The Bertz CT molecular complexity index is 433. The molecule has 0 spiro atoms. The first kappa shape index (κ1) is 12.3. The number of piperidine rings is 1. The second kappa shape index (κ2) is 5.12. The molecular formula is C15H21BrN2. The molecule has 0 radical (unpaired) electrons. The summed E-state index contributed by atoms with van der Waals surface area (Å²) in [6.07, 6.45) is 7.08. The van der Waals surface area contributed by atoms with E-state index >= 15 is 0 Å².